The molecule has 0 unspecified atom stereocenters. The normalized spacial score (nSPS) is 26.4. The molecule has 0 saturated carbocycles. The molecule has 0 amide bonds. The summed E-state index contributed by atoms with van der Waals surface area (Å²) in [5, 5.41) is 0. The summed E-state index contributed by atoms with van der Waals surface area (Å²) in [6.07, 6.45) is 4.00. The van der Waals surface area contributed by atoms with Gasteiger partial charge in [-0.15, -0.1) is 0 Å². The highest BCUT2D eigenvalue weighted by molar-refractivity contribution is 7.89. The molecule has 2 rings (SSSR count). The molecular weight excluding hydrogens is 258 g/mol. The zero-order chi connectivity index (χ0) is 14.0. The van der Waals surface area contributed by atoms with E-state index in [1.807, 2.05) is 19.1 Å². The summed E-state index contributed by atoms with van der Waals surface area (Å²) in [7, 11) is -3.29. The monoisotopic (exact) mass is 281 g/mol. The van der Waals surface area contributed by atoms with E-state index in [9.17, 15) is 8.42 Å². The summed E-state index contributed by atoms with van der Waals surface area (Å²) in [6.45, 7) is 6.18. The maximum absolute atomic E-state index is 12.6. The Kier molecular flexibility index (Phi) is 4.31. The van der Waals surface area contributed by atoms with Gasteiger partial charge in [0, 0.05) is 12.1 Å². The molecule has 1 aromatic carbocycles. The Morgan fingerprint density at radius 1 is 1.00 bits per heavy atom. The van der Waals surface area contributed by atoms with Gasteiger partial charge in [-0.3, -0.25) is 0 Å². The number of hydrogen-bond acceptors (Lipinski definition) is 2. The number of aryl methyl sites for hydroxylation is 1. The van der Waals surface area contributed by atoms with Crippen LogP contribution in [0.15, 0.2) is 29.2 Å². The maximum Gasteiger partial charge on any atom is 0.243 e. The van der Waals surface area contributed by atoms with Crippen LogP contribution in [-0.2, 0) is 10.0 Å². The Morgan fingerprint density at radius 3 is 1.89 bits per heavy atom. The second-order valence-electron chi connectivity index (χ2n) is 5.36. The summed E-state index contributed by atoms with van der Waals surface area (Å²) in [5.41, 5.74) is 1.08. The highest BCUT2D eigenvalue weighted by atomic mass is 32.2. The first kappa shape index (κ1) is 14.5. The standard InChI is InChI=1S/C15H23NO2S/c1-4-6-14-15(7-5-2)16(14)19(17,18)13-10-8-12(3)9-11-13/h8-11,14-15H,4-7H2,1-3H3/t14-,15-/m0/s1. The van der Waals surface area contributed by atoms with Crippen molar-refractivity contribution < 1.29 is 8.42 Å². The quantitative estimate of drug-likeness (QED) is 0.750. The lowest BCUT2D eigenvalue weighted by molar-refractivity contribution is 0.536. The molecule has 1 heterocycles. The van der Waals surface area contributed by atoms with Gasteiger partial charge in [0.15, 0.2) is 0 Å². The summed E-state index contributed by atoms with van der Waals surface area (Å²) in [6, 6.07) is 7.59. The fraction of sp³-hybridized carbons (Fsp3) is 0.600. The topological polar surface area (TPSA) is 37.1 Å². The lowest BCUT2D eigenvalue weighted by Gasteiger charge is -2.07. The van der Waals surface area contributed by atoms with E-state index in [4.69, 9.17) is 0 Å². The molecule has 2 atom stereocenters. The molecule has 106 valence electrons. The van der Waals surface area contributed by atoms with Crippen molar-refractivity contribution in [3.8, 4) is 0 Å². The lowest BCUT2D eigenvalue weighted by Crippen LogP contribution is -2.16. The number of hydrogen-bond donors (Lipinski definition) is 0. The van der Waals surface area contributed by atoms with Crippen molar-refractivity contribution in [1.29, 1.82) is 0 Å². The Bertz CT molecular complexity index is 510. The van der Waals surface area contributed by atoms with Gasteiger partial charge in [-0.2, -0.15) is 4.31 Å². The molecule has 1 aromatic rings. The van der Waals surface area contributed by atoms with Crippen molar-refractivity contribution in [2.75, 3.05) is 0 Å². The van der Waals surface area contributed by atoms with Gasteiger partial charge in [-0.05, 0) is 31.9 Å². The number of nitrogens with zero attached hydrogens (tertiary/aromatic N) is 1. The van der Waals surface area contributed by atoms with Crippen LogP contribution >= 0.6 is 0 Å². The average molecular weight is 281 g/mol. The van der Waals surface area contributed by atoms with Crippen molar-refractivity contribution in [3.63, 3.8) is 0 Å². The van der Waals surface area contributed by atoms with E-state index in [0.717, 1.165) is 31.2 Å². The van der Waals surface area contributed by atoms with Gasteiger partial charge < -0.3 is 0 Å². The van der Waals surface area contributed by atoms with Gasteiger partial charge in [-0.25, -0.2) is 8.42 Å². The second kappa shape index (κ2) is 5.63. The predicted molar refractivity (Wildman–Crippen MR) is 77.6 cm³/mol. The van der Waals surface area contributed by atoms with Gasteiger partial charge in [0.05, 0.1) is 4.90 Å². The fourth-order valence-electron chi connectivity index (χ4n) is 2.73. The zero-order valence-corrected chi connectivity index (χ0v) is 12.8. The lowest BCUT2D eigenvalue weighted by atomic mass is 10.1. The highest BCUT2D eigenvalue weighted by Gasteiger charge is 2.53. The van der Waals surface area contributed by atoms with Gasteiger partial charge >= 0.3 is 0 Å². The molecule has 0 N–H and O–H groups in total. The molecule has 4 heteroatoms. The molecule has 0 radical (unpaired) electrons. The molecule has 0 aromatic heterocycles. The summed E-state index contributed by atoms with van der Waals surface area (Å²) < 4.78 is 26.9. The first-order valence-corrected chi connectivity index (χ1v) is 8.56. The van der Waals surface area contributed by atoms with Crippen LogP contribution in [-0.4, -0.2) is 24.8 Å². The van der Waals surface area contributed by atoms with E-state index in [0.29, 0.717) is 4.90 Å². The van der Waals surface area contributed by atoms with Crippen LogP contribution in [0, 0.1) is 6.92 Å². The van der Waals surface area contributed by atoms with Crippen LogP contribution in [0.4, 0.5) is 0 Å². The Balaban J connectivity index is 2.22. The van der Waals surface area contributed by atoms with E-state index in [2.05, 4.69) is 13.8 Å². The maximum atomic E-state index is 12.6. The van der Waals surface area contributed by atoms with Gasteiger partial charge in [0.2, 0.25) is 10.0 Å². The van der Waals surface area contributed by atoms with Crippen LogP contribution in [0.2, 0.25) is 0 Å². The molecule has 1 saturated heterocycles. The summed E-state index contributed by atoms with van der Waals surface area (Å²) in [4.78, 5) is 0.429. The molecule has 0 bridgehead atoms. The first-order chi connectivity index (χ1) is 9.02. The molecule has 3 nitrogen and oxygen atoms in total. The Morgan fingerprint density at radius 2 is 1.47 bits per heavy atom. The van der Waals surface area contributed by atoms with E-state index in [1.54, 1.807) is 16.4 Å². The third-order valence-corrected chi connectivity index (χ3v) is 5.74. The van der Waals surface area contributed by atoms with Crippen molar-refractivity contribution >= 4 is 10.0 Å². The smallest absolute Gasteiger partial charge is 0.207 e. The number of sulfonamides is 1. The molecule has 1 aliphatic heterocycles. The van der Waals surface area contributed by atoms with Crippen LogP contribution in [0.5, 0.6) is 0 Å². The average Bonchev–Trinajstić information content (AvgIpc) is 3.04. The Hall–Kier alpha value is -0.870. The number of rotatable bonds is 6. The van der Waals surface area contributed by atoms with Crippen molar-refractivity contribution in [3.05, 3.63) is 29.8 Å². The minimum atomic E-state index is -3.29. The fourth-order valence-corrected chi connectivity index (χ4v) is 4.60. The SMILES string of the molecule is CCC[C@H]1[C@H](CCC)N1S(=O)(=O)c1ccc(C)cc1. The first-order valence-electron chi connectivity index (χ1n) is 7.12. The van der Waals surface area contributed by atoms with Gasteiger partial charge in [0.25, 0.3) is 0 Å². The van der Waals surface area contributed by atoms with E-state index >= 15 is 0 Å². The zero-order valence-electron chi connectivity index (χ0n) is 12.0. The predicted octanol–water partition coefficient (Wildman–Crippen LogP) is 3.34. The minimum Gasteiger partial charge on any atom is -0.207 e. The third-order valence-electron chi connectivity index (χ3n) is 3.77. The van der Waals surface area contributed by atoms with Crippen LogP contribution in [0.1, 0.15) is 45.1 Å². The molecule has 0 spiro atoms. The van der Waals surface area contributed by atoms with E-state index < -0.39 is 10.0 Å². The molecular formula is C15H23NO2S. The molecule has 19 heavy (non-hydrogen) atoms. The number of benzene rings is 1. The molecule has 1 fully saturated rings. The second-order valence-corrected chi connectivity index (χ2v) is 7.20. The summed E-state index contributed by atoms with van der Waals surface area (Å²) in [5.74, 6) is 0. The van der Waals surface area contributed by atoms with E-state index in [-0.39, 0.29) is 12.1 Å². The van der Waals surface area contributed by atoms with Gasteiger partial charge in [0.1, 0.15) is 0 Å². The Labute approximate surface area is 116 Å². The largest absolute Gasteiger partial charge is 0.243 e. The summed E-state index contributed by atoms with van der Waals surface area (Å²) >= 11 is 0. The molecule has 1 aliphatic rings. The van der Waals surface area contributed by atoms with Crippen molar-refractivity contribution in [2.45, 2.75) is 63.4 Å². The van der Waals surface area contributed by atoms with Crippen LogP contribution in [0.25, 0.3) is 0 Å². The third kappa shape index (κ3) is 2.84. The molecule has 0 aliphatic carbocycles. The highest BCUT2D eigenvalue weighted by Crippen LogP contribution is 2.40. The van der Waals surface area contributed by atoms with Crippen LogP contribution < -0.4 is 0 Å². The van der Waals surface area contributed by atoms with Crippen LogP contribution in [0.3, 0.4) is 0 Å². The van der Waals surface area contributed by atoms with Gasteiger partial charge in [-0.1, -0.05) is 44.4 Å². The van der Waals surface area contributed by atoms with Crippen molar-refractivity contribution in [1.82, 2.24) is 4.31 Å². The van der Waals surface area contributed by atoms with E-state index in [1.165, 1.54) is 0 Å². The van der Waals surface area contributed by atoms with Crippen molar-refractivity contribution in [2.24, 2.45) is 0 Å². The minimum absolute atomic E-state index is 0.219.